The number of ether oxygens (including phenoxy) is 2. The second kappa shape index (κ2) is 23.1. The number of rotatable bonds is 12. The third kappa shape index (κ3) is 14.9. The van der Waals surface area contributed by atoms with E-state index in [2.05, 4.69) is 45.7 Å². The number of amidine groups is 2. The molecule has 374 valence electrons. The number of nitrogens with one attached hydrogen (secondary N) is 5. The third-order valence-corrected chi connectivity index (χ3v) is 10.5. The zero-order valence-electron chi connectivity index (χ0n) is 37.9. The number of aromatic nitrogens is 2. The molecule has 72 heavy (non-hydrogen) atoms. The average Bonchev–Trinajstić information content (AvgIpc) is 3.30. The van der Waals surface area contributed by atoms with Crippen LogP contribution >= 0.6 is 23.2 Å². The Labute approximate surface area is 416 Å². The third-order valence-electron chi connectivity index (χ3n) is 10.0. The number of likely N-dealkylation sites (tertiary alicyclic amines) is 1. The van der Waals surface area contributed by atoms with Crippen LogP contribution in [0.5, 0.6) is 11.5 Å². The first-order chi connectivity index (χ1) is 34.0. The minimum absolute atomic E-state index is 0.0332. The van der Waals surface area contributed by atoms with Crippen LogP contribution < -0.4 is 30.7 Å². The molecule has 5 N–H and O–H groups in total. The summed E-state index contributed by atoms with van der Waals surface area (Å²) in [6.07, 6.45) is -6.33. The number of pyridine rings is 2. The Bertz CT molecular complexity index is 2970. The molecule has 1 aliphatic rings. The van der Waals surface area contributed by atoms with E-state index in [-0.39, 0.29) is 45.3 Å². The van der Waals surface area contributed by atoms with Gasteiger partial charge in [0, 0.05) is 68.9 Å². The topological polar surface area (TPSA) is 203 Å². The van der Waals surface area contributed by atoms with Crippen LogP contribution in [0.1, 0.15) is 59.0 Å². The first kappa shape index (κ1) is 53.1. The lowest BCUT2D eigenvalue weighted by Gasteiger charge is -2.33. The zero-order chi connectivity index (χ0) is 52.3. The van der Waals surface area contributed by atoms with Gasteiger partial charge in [0.25, 0.3) is 23.6 Å². The Morgan fingerprint density at radius 1 is 0.597 bits per heavy atom. The molecule has 0 spiro atoms. The number of benzene rings is 4. The SMILES string of the molecule is CN=C(c1ccc(C(=O)Nc2ccc(OC(F)(F)F)cc2C(=O)Nc2ccc(Cl)cn2)cc1)N(C)C.N=C(c1ccc(C(=O)Nc2ccc(OC(F)(F)F)cc2C(=O)Nc2ccc(Cl)cn2)cc1)N1CCC1. The van der Waals surface area contributed by atoms with Crippen molar-refractivity contribution < 1.29 is 55.0 Å². The van der Waals surface area contributed by atoms with Gasteiger partial charge in [0.05, 0.1) is 32.5 Å². The van der Waals surface area contributed by atoms with Gasteiger partial charge in [-0.05, 0) is 91.3 Å². The molecular weight excluding hydrogens is 997 g/mol. The zero-order valence-corrected chi connectivity index (χ0v) is 39.4. The summed E-state index contributed by atoms with van der Waals surface area (Å²) in [6.45, 7) is 1.62. The van der Waals surface area contributed by atoms with Crippen LogP contribution in [0.15, 0.2) is 127 Å². The molecule has 0 radical (unpaired) electrons. The standard InChI is InChI=1S/C24H19ClF3N5O3.C24H21ClF3N5O3/c25-16-6-9-20(30-13-16)32-23(35)18-12-17(36-24(26,27)28)7-8-19(18)31-22(34)15-4-2-14(3-5-15)21(29)33-10-1-11-33;1-29-21(33(2)3)14-4-6-15(7-5-14)22(34)31-19-10-9-17(36-24(26,27)28)12-18(19)23(35)32-20-11-8-16(25)13-30-20/h2-9,12-13,29H,1,10-11H2,(H,31,34)(H,30,32,35);4-13H,1-3H3,(H,31,34)(H,30,32,35). The van der Waals surface area contributed by atoms with Crippen LogP contribution in [0.2, 0.25) is 10.0 Å². The molecular formula is C48H40Cl2F6N10O6. The predicted molar refractivity (Wildman–Crippen MR) is 259 cm³/mol. The fourth-order valence-electron chi connectivity index (χ4n) is 6.55. The minimum atomic E-state index is -4.97. The molecule has 24 heteroatoms. The maximum Gasteiger partial charge on any atom is 0.573 e. The first-order valence-electron chi connectivity index (χ1n) is 21.0. The summed E-state index contributed by atoms with van der Waals surface area (Å²) in [5.74, 6) is -2.82. The Hall–Kier alpha value is -8.24. The van der Waals surface area contributed by atoms with Gasteiger partial charge in [0.1, 0.15) is 34.8 Å². The molecule has 3 heterocycles. The molecule has 2 aromatic heterocycles. The lowest BCUT2D eigenvalue weighted by Crippen LogP contribution is -2.42. The van der Waals surface area contributed by atoms with Gasteiger partial charge in [-0.15, -0.1) is 26.3 Å². The van der Waals surface area contributed by atoms with Gasteiger partial charge in [-0.25, -0.2) is 9.97 Å². The van der Waals surface area contributed by atoms with Crippen molar-refractivity contribution in [2.75, 3.05) is 55.5 Å². The lowest BCUT2D eigenvalue weighted by molar-refractivity contribution is -0.275. The van der Waals surface area contributed by atoms with E-state index in [1.807, 2.05) is 23.9 Å². The van der Waals surface area contributed by atoms with Crippen molar-refractivity contribution >= 4 is 81.5 Å². The largest absolute Gasteiger partial charge is 0.573 e. The number of nitrogens with zero attached hydrogens (tertiary/aromatic N) is 5. The highest BCUT2D eigenvalue weighted by molar-refractivity contribution is 6.30. The van der Waals surface area contributed by atoms with Gasteiger partial charge in [-0.2, -0.15) is 0 Å². The molecule has 16 nitrogen and oxygen atoms in total. The minimum Gasteiger partial charge on any atom is -0.406 e. The van der Waals surface area contributed by atoms with Crippen molar-refractivity contribution in [3.8, 4) is 11.5 Å². The van der Waals surface area contributed by atoms with Crippen LogP contribution in [0.3, 0.4) is 0 Å². The summed E-state index contributed by atoms with van der Waals surface area (Å²) in [4.78, 5) is 67.2. The van der Waals surface area contributed by atoms with Crippen LogP contribution in [0.25, 0.3) is 0 Å². The van der Waals surface area contributed by atoms with E-state index in [4.69, 9.17) is 28.6 Å². The normalized spacial score (nSPS) is 12.3. The molecule has 7 rings (SSSR count). The molecule has 0 atom stereocenters. The monoisotopic (exact) mass is 1040 g/mol. The highest BCUT2D eigenvalue weighted by Crippen LogP contribution is 2.30. The fraction of sp³-hybridized carbons (Fsp3) is 0.167. The smallest absolute Gasteiger partial charge is 0.406 e. The molecule has 1 saturated heterocycles. The van der Waals surface area contributed by atoms with Crippen molar-refractivity contribution in [1.82, 2.24) is 19.8 Å². The molecule has 1 aliphatic heterocycles. The quantitative estimate of drug-likeness (QED) is 0.0446. The number of amides is 4. The number of halogens is 8. The summed E-state index contributed by atoms with van der Waals surface area (Å²) >= 11 is 11.6. The van der Waals surface area contributed by atoms with Crippen LogP contribution in [0.4, 0.5) is 49.4 Å². The molecule has 4 amide bonds. The fourth-order valence-corrected chi connectivity index (χ4v) is 6.77. The highest BCUT2D eigenvalue weighted by Gasteiger charge is 2.33. The van der Waals surface area contributed by atoms with Crippen LogP contribution in [-0.2, 0) is 0 Å². The average molecular weight is 1040 g/mol. The lowest BCUT2D eigenvalue weighted by atomic mass is 10.1. The van der Waals surface area contributed by atoms with E-state index in [9.17, 15) is 45.5 Å². The van der Waals surface area contributed by atoms with Gasteiger partial charge >= 0.3 is 12.7 Å². The van der Waals surface area contributed by atoms with Crippen molar-refractivity contribution in [2.45, 2.75) is 19.1 Å². The summed E-state index contributed by atoms with van der Waals surface area (Å²) in [5, 5.41) is 18.8. The van der Waals surface area contributed by atoms with E-state index in [1.165, 1.54) is 48.8 Å². The second-order valence-electron chi connectivity index (χ2n) is 15.3. The van der Waals surface area contributed by atoms with Gasteiger partial charge in [0.2, 0.25) is 0 Å². The van der Waals surface area contributed by atoms with Crippen molar-refractivity contribution in [2.24, 2.45) is 4.99 Å². The summed E-state index contributed by atoms with van der Waals surface area (Å²) < 4.78 is 84.2. The second-order valence-corrected chi connectivity index (χ2v) is 16.2. The van der Waals surface area contributed by atoms with Gasteiger partial charge < -0.3 is 40.5 Å². The predicted octanol–water partition coefficient (Wildman–Crippen LogP) is 10.2. The summed E-state index contributed by atoms with van der Waals surface area (Å²) in [5.41, 5.74) is 1.29. The number of aliphatic imine (C=N–C) groups is 1. The van der Waals surface area contributed by atoms with Crippen LogP contribution in [0, 0.1) is 5.41 Å². The molecule has 4 aromatic carbocycles. The molecule has 0 aliphatic carbocycles. The van der Waals surface area contributed by atoms with Gasteiger partial charge in [-0.1, -0.05) is 47.5 Å². The molecule has 0 unspecified atom stereocenters. The number of carbonyl (C=O) groups is 4. The Balaban J connectivity index is 0.000000235. The van der Waals surface area contributed by atoms with Crippen molar-refractivity contribution in [1.29, 1.82) is 5.41 Å². The van der Waals surface area contributed by atoms with E-state index in [1.54, 1.807) is 43.4 Å². The Morgan fingerprint density at radius 3 is 1.33 bits per heavy atom. The van der Waals surface area contributed by atoms with Crippen molar-refractivity contribution in [3.05, 3.63) is 165 Å². The molecule has 0 saturated carbocycles. The number of hydrogen-bond acceptors (Lipinski definition) is 10. The number of hydrogen-bond donors (Lipinski definition) is 5. The number of anilines is 4. The Kier molecular flexibility index (Phi) is 17.1. The highest BCUT2D eigenvalue weighted by atomic mass is 35.5. The molecule has 6 aromatic rings. The maximum absolute atomic E-state index is 12.9. The summed E-state index contributed by atoms with van der Waals surface area (Å²) in [6, 6.07) is 24.6. The molecule has 0 bridgehead atoms. The Morgan fingerprint density at radius 2 is 1.00 bits per heavy atom. The van der Waals surface area contributed by atoms with Crippen LogP contribution in [-0.4, -0.2) is 102 Å². The van der Waals surface area contributed by atoms with E-state index < -0.39 is 47.9 Å². The van der Waals surface area contributed by atoms with Gasteiger partial charge in [0.15, 0.2) is 0 Å². The maximum atomic E-state index is 12.9. The van der Waals surface area contributed by atoms with E-state index in [0.29, 0.717) is 27.3 Å². The molecule has 1 fully saturated rings. The van der Waals surface area contributed by atoms with Gasteiger partial charge in [-0.3, -0.25) is 29.6 Å². The summed E-state index contributed by atoms with van der Waals surface area (Å²) in [7, 11) is 5.32. The van der Waals surface area contributed by atoms with E-state index >= 15 is 0 Å². The first-order valence-corrected chi connectivity index (χ1v) is 21.8. The number of carbonyl (C=O) groups excluding carboxylic acids is 4. The number of alkyl halides is 6. The van der Waals surface area contributed by atoms with E-state index in [0.717, 1.165) is 61.5 Å². The van der Waals surface area contributed by atoms with Crippen molar-refractivity contribution in [3.63, 3.8) is 0 Å².